The predicted molar refractivity (Wildman–Crippen MR) is 214 cm³/mol. The number of hydrogen-bond acceptors (Lipinski definition) is 6. The van der Waals surface area contributed by atoms with Crippen LogP contribution in [0.1, 0.15) is 131 Å². The van der Waals surface area contributed by atoms with Crippen LogP contribution in [0.15, 0.2) is 72.8 Å². The van der Waals surface area contributed by atoms with E-state index in [0.717, 1.165) is 58.9 Å². The van der Waals surface area contributed by atoms with Gasteiger partial charge in [0.25, 0.3) is 0 Å². The minimum absolute atomic E-state index is 0.00754. The minimum atomic E-state index is -0.134. The standard InChI is InChI=1S/2C22H29N3O/c2*1-7-21(3,4)15-13-16(22(5,6)8-2)20(26)19(14-15)25-23-17-11-9-10-12-18(17)24-25/h2*9-14,26H,7-8H2,1-6H3. The van der Waals surface area contributed by atoms with Gasteiger partial charge in [-0.05, 0) is 94.9 Å². The molecule has 6 aromatic rings. The minimum Gasteiger partial charge on any atom is -0.505 e. The van der Waals surface area contributed by atoms with Gasteiger partial charge in [0.05, 0.1) is 0 Å². The highest BCUT2D eigenvalue weighted by molar-refractivity contribution is 5.74. The highest BCUT2D eigenvalue weighted by atomic mass is 16.3. The lowest BCUT2D eigenvalue weighted by Gasteiger charge is -2.30. The molecule has 2 heterocycles. The maximum atomic E-state index is 11.1. The Balaban J connectivity index is 0.000000201. The van der Waals surface area contributed by atoms with Crippen molar-refractivity contribution < 1.29 is 10.2 Å². The van der Waals surface area contributed by atoms with Crippen molar-refractivity contribution in [3.05, 3.63) is 95.1 Å². The maximum absolute atomic E-state index is 11.1. The summed E-state index contributed by atoms with van der Waals surface area (Å²) < 4.78 is 0. The first kappa shape index (κ1) is 38.5. The van der Waals surface area contributed by atoms with Gasteiger partial charge in [-0.2, -0.15) is 0 Å². The molecule has 0 bridgehead atoms. The molecule has 0 unspecified atom stereocenters. The fourth-order valence-electron chi connectivity index (χ4n) is 6.08. The Morgan fingerprint density at radius 1 is 0.442 bits per heavy atom. The van der Waals surface area contributed by atoms with Crippen molar-refractivity contribution in [3.63, 3.8) is 0 Å². The third-order valence-electron chi connectivity index (χ3n) is 11.7. The van der Waals surface area contributed by atoms with Crippen LogP contribution in [-0.2, 0) is 21.7 Å². The van der Waals surface area contributed by atoms with Gasteiger partial charge in [-0.15, -0.1) is 30.0 Å². The average Bonchev–Trinajstić information content (AvgIpc) is 3.76. The zero-order valence-electron chi connectivity index (χ0n) is 33.3. The molecule has 0 atom stereocenters. The number of aromatic hydroxyl groups is 2. The van der Waals surface area contributed by atoms with Crippen molar-refractivity contribution in [3.8, 4) is 22.9 Å². The molecule has 8 heteroatoms. The number of hydrogen-bond donors (Lipinski definition) is 2. The second kappa shape index (κ2) is 14.4. The van der Waals surface area contributed by atoms with E-state index in [4.69, 9.17) is 0 Å². The van der Waals surface area contributed by atoms with Gasteiger partial charge < -0.3 is 10.2 Å². The van der Waals surface area contributed by atoms with Crippen LogP contribution in [0.4, 0.5) is 0 Å². The molecule has 52 heavy (non-hydrogen) atoms. The number of aromatic nitrogens is 6. The Bertz CT molecular complexity index is 1960. The molecule has 0 aliphatic heterocycles. The van der Waals surface area contributed by atoms with E-state index in [1.54, 1.807) is 9.59 Å². The molecule has 0 saturated heterocycles. The van der Waals surface area contributed by atoms with Gasteiger partial charge in [0, 0.05) is 11.1 Å². The van der Waals surface area contributed by atoms with Crippen LogP contribution >= 0.6 is 0 Å². The summed E-state index contributed by atoms with van der Waals surface area (Å²) in [7, 11) is 0. The first-order valence-electron chi connectivity index (χ1n) is 18.8. The Hall–Kier alpha value is -4.72. The topological polar surface area (TPSA) is 102 Å². The van der Waals surface area contributed by atoms with Crippen LogP contribution in [0.2, 0.25) is 0 Å². The van der Waals surface area contributed by atoms with E-state index in [1.165, 1.54) is 11.1 Å². The van der Waals surface area contributed by atoms with Crippen molar-refractivity contribution in [2.24, 2.45) is 0 Å². The van der Waals surface area contributed by atoms with Gasteiger partial charge in [-0.25, -0.2) is 0 Å². The SMILES string of the molecule is CCC(C)(C)c1cc(-n2nc3ccccc3n2)c(O)c(C(C)(C)CC)c1.CCC(C)(C)c1cc(-n2nc3ccccc3n2)c(O)c(C(C)(C)CC)c1. The zero-order valence-corrected chi connectivity index (χ0v) is 33.3. The second-order valence-corrected chi connectivity index (χ2v) is 16.7. The summed E-state index contributed by atoms with van der Waals surface area (Å²) in [6.07, 6.45) is 3.89. The van der Waals surface area contributed by atoms with Crippen LogP contribution < -0.4 is 0 Å². The molecule has 2 N–H and O–H groups in total. The summed E-state index contributed by atoms with van der Waals surface area (Å²) in [4.78, 5) is 3.15. The van der Waals surface area contributed by atoms with Gasteiger partial charge in [-0.3, -0.25) is 0 Å². The first-order chi connectivity index (χ1) is 24.4. The van der Waals surface area contributed by atoms with Crippen LogP contribution in [0.25, 0.3) is 33.4 Å². The largest absolute Gasteiger partial charge is 0.505 e. The van der Waals surface area contributed by atoms with Crippen LogP contribution in [0.3, 0.4) is 0 Å². The second-order valence-electron chi connectivity index (χ2n) is 16.7. The number of fused-ring (bicyclic) bond motifs is 2. The smallest absolute Gasteiger partial charge is 0.146 e. The third-order valence-corrected chi connectivity index (χ3v) is 11.7. The summed E-state index contributed by atoms with van der Waals surface area (Å²) in [6.45, 7) is 26.3. The normalized spacial score (nSPS) is 12.7. The van der Waals surface area contributed by atoms with Crippen molar-refractivity contribution >= 4 is 22.1 Å². The van der Waals surface area contributed by atoms with Crippen molar-refractivity contribution in [1.29, 1.82) is 0 Å². The lowest BCUT2D eigenvalue weighted by Crippen LogP contribution is -2.21. The molecule has 0 spiro atoms. The number of phenolic OH excluding ortho intramolecular Hbond substituents is 2. The third kappa shape index (κ3) is 7.43. The highest BCUT2D eigenvalue weighted by Gasteiger charge is 2.31. The van der Waals surface area contributed by atoms with E-state index in [1.807, 2.05) is 60.7 Å². The Morgan fingerprint density at radius 3 is 0.962 bits per heavy atom. The molecule has 0 fully saturated rings. The number of phenols is 2. The van der Waals surface area contributed by atoms with Crippen molar-refractivity contribution in [2.75, 3.05) is 0 Å². The van der Waals surface area contributed by atoms with Gasteiger partial charge in [0.15, 0.2) is 0 Å². The van der Waals surface area contributed by atoms with Crippen LogP contribution in [0, 0.1) is 0 Å². The molecule has 0 amide bonds. The Labute approximate surface area is 309 Å². The summed E-state index contributed by atoms with van der Waals surface area (Å²) in [5.41, 5.74) is 8.64. The van der Waals surface area contributed by atoms with E-state index in [9.17, 15) is 10.2 Å². The number of rotatable bonds is 10. The fraction of sp³-hybridized carbons (Fsp3) is 0.455. The summed E-state index contributed by atoms with van der Waals surface area (Å²) in [6, 6.07) is 23.9. The molecule has 6 rings (SSSR count). The summed E-state index contributed by atoms with van der Waals surface area (Å²) >= 11 is 0. The zero-order chi connectivity index (χ0) is 38.2. The first-order valence-corrected chi connectivity index (χ1v) is 18.8. The van der Waals surface area contributed by atoms with Crippen molar-refractivity contribution in [2.45, 2.75) is 130 Å². The van der Waals surface area contributed by atoms with Gasteiger partial charge >= 0.3 is 0 Å². The molecular formula is C44H58N6O2. The molecular weight excluding hydrogens is 645 g/mol. The molecule has 4 aromatic carbocycles. The van der Waals surface area contributed by atoms with E-state index >= 15 is 0 Å². The molecule has 0 radical (unpaired) electrons. The van der Waals surface area contributed by atoms with E-state index in [2.05, 4.69) is 116 Å². The monoisotopic (exact) mass is 702 g/mol. The lowest BCUT2D eigenvalue weighted by atomic mass is 9.76. The van der Waals surface area contributed by atoms with E-state index in [-0.39, 0.29) is 33.2 Å². The van der Waals surface area contributed by atoms with E-state index in [0.29, 0.717) is 11.4 Å². The summed E-state index contributed by atoms with van der Waals surface area (Å²) in [5, 5.41) is 40.5. The molecule has 0 aliphatic carbocycles. The molecule has 8 nitrogen and oxygen atoms in total. The van der Waals surface area contributed by atoms with Crippen LogP contribution in [0.5, 0.6) is 11.5 Å². The quantitative estimate of drug-likeness (QED) is 0.147. The highest BCUT2D eigenvalue weighted by Crippen LogP contribution is 2.43. The molecule has 0 aliphatic rings. The van der Waals surface area contributed by atoms with Gasteiger partial charge in [0.1, 0.15) is 44.9 Å². The predicted octanol–water partition coefficient (Wildman–Crippen LogP) is 11.0. The van der Waals surface area contributed by atoms with Gasteiger partial charge in [-0.1, -0.05) is 119 Å². The van der Waals surface area contributed by atoms with Gasteiger partial charge in [0.2, 0.25) is 0 Å². The summed E-state index contributed by atoms with van der Waals surface area (Å²) in [5.74, 6) is 0.542. The Kier molecular flexibility index (Phi) is 10.6. The number of nitrogens with zero attached hydrogens (tertiary/aromatic N) is 6. The molecule has 276 valence electrons. The van der Waals surface area contributed by atoms with Crippen LogP contribution in [-0.4, -0.2) is 40.2 Å². The average molecular weight is 703 g/mol. The Morgan fingerprint density at radius 2 is 0.712 bits per heavy atom. The lowest BCUT2D eigenvalue weighted by molar-refractivity contribution is 0.419. The maximum Gasteiger partial charge on any atom is 0.146 e. The van der Waals surface area contributed by atoms with E-state index < -0.39 is 0 Å². The number of benzene rings is 4. The molecule has 2 aromatic heterocycles. The molecule has 0 saturated carbocycles. The fourth-order valence-corrected chi connectivity index (χ4v) is 6.08. The van der Waals surface area contributed by atoms with Crippen molar-refractivity contribution in [1.82, 2.24) is 30.0 Å².